The molecule has 1 rings (SSSR count). The van der Waals surface area contributed by atoms with Crippen LogP contribution in [-0.4, -0.2) is 33.8 Å². The molecule has 104 valence electrons. The Morgan fingerprint density at radius 1 is 1.53 bits per heavy atom. The van der Waals surface area contributed by atoms with Crippen LogP contribution in [0.3, 0.4) is 0 Å². The van der Waals surface area contributed by atoms with Crippen LogP contribution in [0.25, 0.3) is 0 Å². The molecule has 0 aliphatic rings. The molecule has 0 heterocycles. The number of hydrogen-bond acceptors (Lipinski definition) is 7. The molecular formula is C11H14N2O6. The zero-order chi connectivity index (χ0) is 14.6. The predicted molar refractivity (Wildman–Crippen MR) is 65.1 cm³/mol. The number of ether oxygens (including phenoxy) is 1. The van der Waals surface area contributed by atoms with Crippen molar-refractivity contribution in [1.29, 1.82) is 0 Å². The summed E-state index contributed by atoms with van der Waals surface area (Å²) >= 11 is 0. The maximum Gasteiger partial charge on any atom is 0.338 e. The number of carbonyl (C=O) groups excluding carboxylic acids is 1. The van der Waals surface area contributed by atoms with Crippen molar-refractivity contribution in [2.24, 2.45) is 0 Å². The number of esters is 1. The van der Waals surface area contributed by atoms with Crippen LogP contribution < -0.4 is 5.73 Å². The Bertz CT molecular complexity index is 490. The van der Waals surface area contributed by atoms with Crippen molar-refractivity contribution in [3.05, 3.63) is 33.9 Å². The highest BCUT2D eigenvalue weighted by Gasteiger charge is 2.28. The summed E-state index contributed by atoms with van der Waals surface area (Å²) in [5.74, 6) is -0.980. The lowest BCUT2D eigenvalue weighted by molar-refractivity contribution is -0.383. The summed E-state index contributed by atoms with van der Waals surface area (Å²) in [5.41, 5.74) is 5.04. The molecule has 0 saturated carbocycles. The van der Waals surface area contributed by atoms with E-state index in [1.165, 1.54) is 6.07 Å². The van der Waals surface area contributed by atoms with Crippen LogP contribution in [0.2, 0.25) is 0 Å². The molecule has 2 unspecified atom stereocenters. The molecule has 8 nitrogen and oxygen atoms in total. The number of nitrogens with two attached hydrogens (primary N) is 1. The fourth-order valence-electron chi connectivity index (χ4n) is 1.46. The maximum atomic E-state index is 11.2. The summed E-state index contributed by atoms with van der Waals surface area (Å²) in [6, 6.07) is 3.43. The van der Waals surface area contributed by atoms with Gasteiger partial charge in [-0.1, -0.05) is 0 Å². The average molecular weight is 270 g/mol. The van der Waals surface area contributed by atoms with E-state index in [1.807, 2.05) is 0 Å². The molecule has 0 fully saturated rings. The second kappa shape index (κ2) is 6.12. The highest BCUT2D eigenvalue weighted by molar-refractivity contribution is 5.75. The minimum Gasteiger partial charge on any atom is -0.464 e. The summed E-state index contributed by atoms with van der Waals surface area (Å²) in [6.45, 7) is 1.62. The number of rotatable bonds is 5. The number of aliphatic hydroxyl groups is 2. The minimum atomic E-state index is -1.78. The summed E-state index contributed by atoms with van der Waals surface area (Å²) in [6.07, 6.45) is -3.34. The van der Waals surface area contributed by atoms with Crippen molar-refractivity contribution >= 4 is 17.3 Å². The van der Waals surface area contributed by atoms with Crippen molar-refractivity contribution in [2.45, 2.75) is 19.1 Å². The normalized spacial score (nSPS) is 13.6. The van der Waals surface area contributed by atoms with Gasteiger partial charge in [0.25, 0.3) is 5.69 Å². The van der Waals surface area contributed by atoms with Crippen molar-refractivity contribution in [3.8, 4) is 0 Å². The molecule has 0 aliphatic heterocycles. The van der Waals surface area contributed by atoms with E-state index in [-0.39, 0.29) is 23.5 Å². The number of benzene rings is 1. The molecule has 0 radical (unpaired) electrons. The third kappa shape index (κ3) is 3.39. The van der Waals surface area contributed by atoms with Crippen LogP contribution >= 0.6 is 0 Å². The van der Waals surface area contributed by atoms with Crippen molar-refractivity contribution in [3.63, 3.8) is 0 Å². The Morgan fingerprint density at radius 2 is 2.16 bits per heavy atom. The van der Waals surface area contributed by atoms with Gasteiger partial charge in [-0.3, -0.25) is 10.1 Å². The molecule has 0 aliphatic carbocycles. The number of carbonyl (C=O) groups is 1. The highest BCUT2D eigenvalue weighted by atomic mass is 16.6. The van der Waals surface area contributed by atoms with Crippen LogP contribution in [0.5, 0.6) is 0 Å². The van der Waals surface area contributed by atoms with E-state index < -0.39 is 23.1 Å². The first-order chi connectivity index (χ1) is 8.88. The zero-order valence-corrected chi connectivity index (χ0v) is 10.1. The van der Waals surface area contributed by atoms with Gasteiger partial charge in [-0.05, 0) is 24.6 Å². The summed E-state index contributed by atoms with van der Waals surface area (Å²) in [5, 5.41) is 29.9. The van der Waals surface area contributed by atoms with E-state index in [0.717, 1.165) is 12.1 Å². The van der Waals surface area contributed by atoms with E-state index in [2.05, 4.69) is 4.74 Å². The fraction of sp³-hybridized carbons (Fsp3) is 0.364. The van der Waals surface area contributed by atoms with E-state index in [9.17, 15) is 25.1 Å². The molecule has 8 heteroatoms. The number of hydrogen-bond donors (Lipinski definition) is 3. The SMILES string of the molecule is CCOC(=O)C(O)C(O)c1ccc([N+](=O)[O-])c(N)c1. The number of nitro benzene ring substituents is 1. The van der Waals surface area contributed by atoms with E-state index in [4.69, 9.17) is 5.73 Å². The molecule has 1 aromatic carbocycles. The Morgan fingerprint density at radius 3 is 2.63 bits per heavy atom. The smallest absolute Gasteiger partial charge is 0.338 e. The van der Waals surface area contributed by atoms with E-state index in [1.54, 1.807) is 6.92 Å². The molecule has 0 bridgehead atoms. The first-order valence-electron chi connectivity index (χ1n) is 5.45. The Hall–Kier alpha value is -2.19. The number of aliphatic hydroxyl groups excluding tert-OH is 2. The second-order valence-electron chi connectivity index (χ2n) is 3.72. The van der Waals surface area contributed by atoms with Crippen LogP contribution in [0.4, 0.5) is 11.4 Å². The van der Waals surface area contributed by atoms with Gasteiger partial charge in [-0.15, -0.1) is 0 Å². The molecule has 0 amide bonds. The van der Waals surface area contributed by atoms with Crippen LogP contribution in [0.15, 0.2) is 18.2 Å². The summed E-state index contributed by atoms with van der Waals surface area (Å²) in [4.78, 5) is 21.1. The molecule has 2 atom stereocenters. The first-order valence-corrected chi connectivity index (χ1v) is 5.45. The summed E-state index contributed by atoms with van der Waals surface area (Å²) in [7, 11) is 0. The van der Waals surface area contributed by atoms with Gasteiger partial charge >= 0.3 is 5.97 Å². The lowest BCUT2D eigenvalue weighted by Gasteiger charge is -2.16. The van der Waals surface area contributed by atoms with Gasteiger partial charge in [0.1, 0.15) is 11.8 Å². The molecule has 1 aromatic rings. The fourth-order valence-corrected chi connectivity index (χ4v) is 1.46. The zero-order valence-electron chi connectivity index (χ0n) is 10.1. The van der Waals surface area contributed by atoms with Crippen LogP contribution in [0.1, 0.15) is 18.6 Å². The number of nitrogen functional groups attached to an aromatic ring is 1. The molecule has 0 saturated heterocycles. The largest absolute Gasteiger partial charge is 0.464 e. The van der Waals surface area contributed by atoms with Gasteiger partial charge in [-0.2, -0.15) is 0 Å². The molecule has 0 spiro atoms. The van der Waals surface area contributed by atoms with E-state index in [0.29, 0.717) is 0 Å². The van der Waals surface area contributed by atoms with Gasteiger partial charge < -0.3 is 20.7 Å². The maximum absolute atomic E-state index is 11.2. The Balaban J connectivity index is 2.94. The van der Waals surface area contributed by atoms with Gasteiger partial charge in [0.2, 0.25) is 0 Å². The topological polar surface area (TPSA) is 136 Å². The lowest BCUT2D eigenvalue weighted by atomic mass is 10.0. The van der Waals surface area contributed by atoms with E-state index >= 15 is 0 Å². The quantitative estimate of drug-likeness (QED) is 0.299. The third-order valence-electron chi connectivity index (χ3n) is 2.42. The van der Waals surface area contributed by atoms with Crippen molar-refractivity contribution in [2.75, 3.05) is 12.3 Å². The third-order valence-corrected chi connectivity index (χ3v) is 2.42. The monoisotopic (exact) mass is 270 g/mol. The Kier molecular flexibility index (Phi) is 4.79. The number of nitrogens with zero attached hydrogens (tertiary/aromatic N) is 1. The Labute approximate surface area is 108 Å². The molecule has 19 heavy (non-hydrogen) atoms. The van der Waals surface area contributed by atoms with Gasteiger partial charge in [0.05, 0.1) is 11.5 Å². The lowest BCUT2D eigenvalue weighted by Crippen LogP contribution is -2.29. The minimum absolute atomic E-state index is 0.0605. The van der Waals surface area contributed by atoms with Crippen LogP contribution in [0, 0.1) is 10.1 Å². The number of nitro groups is 1. The van der Waals surface area contributed by atoms with Gasteiger partial charge in [-0.25, -0.2) is 4.79 Å². The molecule has 0 aromatic heterocycles. The standard InChI is InChI=1S/C11H14N2O6/c1-2-19-11(16)10(15)9(14)6-3-4-8(13(17)18)7(12)5-6/h3-5,9-10,14-15H,2,12H2,1H3. The van der Waals surface area contributed by atoms with Gasteiger partial charge in [0.15, 0.2) is 6.10 Å². The predicted octanol–water partition coefficient (Wildman–Crippen LogP) is 0.134. The van der Waals surface area contributed by atoms with Crippen molar-refractivity contribution < 1.29 is 24.7 Å². The molecular weight excluding hydrogens is 256 g/mol. The van der Waals surface area contributed by atoms with Gasteiger partial charge in [0, 0.05) is 6.07 Å². The molecule has 4 N–H and O–H groups in total. The number of anilines is 1. The van der Waals surface area contributed by atoms with Crippen LogP contribution in [-0.2, 0) is 9.53 Å². The first kappa shape index (κ1) is 14.9. The highest BCUT2D eigenvalue weighted by Crippen LogP contribution is 2.26. The van der Waals surface area contributed by atoms with Crippen molar-refractivity contribution in [1.82, 2.24) is 0 Å². The second-order valence-corrected chi connectivity index (χ2v) is 3.72. The summed E-state index contributed by atoms with van der Waals surface area (Å²) < 4.78 is 4.55. The average Bonchev–Trinajstić information content (AvgIpc) is 2.36.